The largest absolute Gasteiger partial charge is 0.289 e. The summed E-state index contributed by atoms with van der Waals surface area (Å²) in [6, 6.07) is 6.16. The van der Waals surface area contributed by atoms with Gasteiger partial charge in [-0.3, -0.25) is 10.0 Å². The number of hydrogen-bond acceptors (Lipinski definition) is 6. The Morgan fingerprint density at radius 1 is 1.00 bits per heavy atom. The second-order valence-corrected chi connectivity index (χ2v) is 11.3. The maximum Gasteiger partial charge on any atom is 0.262 e. The zero-order chi connectivity index (χ0) is 26.4. The number of hydroxylamine groups is 1. The van der Waals surface area contributed by atoms with Gasteiger partial charge in [-0.15, -0.1) is 13.2 Å². The minimum Gasteiger partial charge on any atom is -0.289 e. The minimum absolute atomic E-state index is 0.249. The van der Waals surface area contributed by atoms with E-state index in [4.69, 9.17) is 16.8 Å². The van der Waals surface area contributed by atoms with Crippen molar-refractivity contribution in [3.63, 3.8) is 0 Å². The maximum absolute atomic E-state index is 14.1. The lowest BCUT2D eigenvalue weighted by Crippen LogP contribution is -2.53. The van der Waals surface area contributed by atoms with Gasteiger partial charge in [0, 0.05) is 23.2 Å². The van der Waals surface area contributed by atoms with E-state index in [1.807, 2.05) is 9.44 Å². The predicted octanol–water partition coefficient (Wildman–Crippen LogP) is 2.49. The summed E-state index contributed by atoms with van der Waals surface area (Å²) in [6.45, 7) is 5.96. The number of amides is 1. The predicted molar refractivity (Wildman–Crippen MR) is 126 cm³/mol. The minimum atomic E-state index is -4.50. The zero-order valence-corrected chi connectivity index (χ0v) is 20.4. The first-order valence-electron chi connectivity index (χ1n) is 9.75. The molecule has 0 fully saturated rings. The molecule has 2 rings (SSSR count). The van der Waals surface area contributed by atoms with Gasteiger partial charge in [0.1, 0.15) is 28.2 Å². The molecular formula is C21H22ClF2N3O6S2. The number of hydrogen-bond donors (Lipinski definition) is 4. The van der Waals surface area contributed by atoms with E-state index in [2.05, 4.69) is 13.2 Å². The number of carbonyl (C=O) groups excluding carboxylic acids is 1. The Bertz CT molecular complexity index is 1300. The fraction of sp³-hybridized carbons (Fsp3) is 0.190. The van der Waals surface area contributed by atoms with Crippen LogP contribution in [0, 0.1) is 11.6 Å². The second-order valence-electron chi connectivity index (χ2n) is 7.11. The quantitative estimate of drug-likeness (QED) is 0.182. The van der Waals surface area contributed by atoms with Crippen LogP contribution in [0.1, 0.15) is 21.6 Å². The third kappa shape index (κ3) is 7.16. The van der Waals surface area contributed by atoms with E-state index in [0.29, 0.717) is 11.1 Å². The van der Waals surface area contributed by atoms with Crippen molar-refractivity contribution in [1.29, 1.82) is 0 Å². The SMILES string of the molecule is C=CC(c1ccc(Cl)cc1)S(=O)(=O)NC(CNS(=O)(=O)C(C=C)c1ccc(F)cc1F)C(=O)NO. The molecule has 0 aliphatic carbocycles. The summed E-state index contributed by atoms with van der Waals surface area (Å²) in [5.41, 5.74) is 1.08. The highest BCUT2D eigenvalue weighted by atomic mass is 35.5. The van der Waals surface area contributed by atoms with Crippen molar-refractivity contribution in [2.24, 2.45) is 0 Å². The number of benzene rings is 2. The van der Waals surface area contributed by atoms with Crippen LogP contribution in [0.25, 0.3) is 0 Å². The van der Waals surface area contributed by atoms with Crippen LogP contribution in [0.5, 0.6) is 0 Å². The summed E-state index contributed by atoms with van der Waals surface area (Å²) < 4.78 is 82.8. The van der Waals surface area contributed by atoms with Gasteiger partial charge in [-0.05, 0) is 23.8 Å². The number of rotatable bonds is 12. The van der Waals surface area contributed by atoms with Crippen LogP contribution in [0.3, 0.4) is 0 Å². The fourth-order valence-electron chi connectivity index (χ4n) is 3.07. The molecule has 0 aliphatic heterocycles. The molecule has 4 N–H and O–H groups in total. The number of nitrogens with one attached hydrogen (secondary N) is 3. The van der Waals surface area contributed by atoms with Crippen LogP contribution in [-0.2, 0) is 24.8 Å². The standard InChI is InChI=1S/C21H22ClF2N3O6S2/c1-3-19(13-5-7-14(22)8-6-13)35(32,33)27-18(21(28)26-29)12-25-34(30,31)20(4-2)16-10-9-15(23)11-17(16)24/h3-11,18-20,25,27,29H,1-2,12H2,(H,26,28). The van der Waals surface area contributed by atoms with Crippen molar-refractivity contribution < 1.29 is 35.6 Å². The van der Waals surface area contributed by atoms with Gasteiger partial charge in [-0.1, -0.05) is 42.0 Å². The summed E-state index contributed by atoms with van der Waals surface area (Å²) in [4.78, 5) is 12.1. The zero-order valence-electron chi connectivity index (χ0n) is 18.0. The first-order chi connectivity index (χ1) is 16.4. The van der Waals surface area contributed by atoms with Gasteiger partial charge in [0.25, 0.3) is 5.91 Å². The second kappa shape index (κ2) is 11.8. The molecule has 14 heteroatoms. The molecule has 190 valence electrons. The molecule has 1 amide bonds. The summed E-state index contributed by atoms with van der Waals surface area (Å²) in [5, 5.41) is 6.31. The highest BCUT2D eigenvalue weighted by Crippen LogP contribution is 2.27. The van der Waals surface area contributed by atoms with Crippen LogP contribution in [0.4, 0.5) is 8.78 Å². The molecule has 3 atom stereocenters. The number of halogens is 3. The van der Waals surface area contributed by atoms with Crippen LogP contribution >= 0.6 is 11.6 Å². The van der Waals surface area contributed by atoms with Crippen molar-refractivity contribution in [3.8, 4) is 0 Å². The van der Waals surface area contributed by atoms with E-state index in [0.717, 1.165) is 24.3 Å². The van der Waals surface area contributed by atoms with Crippen molar-refractivity contribution in [3.05, 3.63) is 95.6 Å². The molecule has 0 bridgehead atoms. The van der Waals surface area contributed by atoms with Crippen LogP contribution in [0.2, 0.25) is 5.02 Å². The molecule has 2 aromatic rings. The maximum atomic E-state index is 14.1. The molecule has 0 aliphatic rings. The number of carbonyl (C=O) groups is 1. The molecule has 0 radical (unpaired) electrons. The summed E-state index contributed by atoms with van der Waals surface area (Å²) in [6.07, 6.45) is 1.95. The highest BCUT2D eigenvalue weighted by Gasteiger charge is 2.33. The summed E-state index contributed by atoms with van der Waals surface area (Å²) in [7, 11) is -8.89. The van der Waals surface area contributed by atoms with E-state index < -0.39 is 66.2 Å². The molecule has 0 saturated heterocycles. The van der Waals surface area contributed by atoms with Gasteiger partial charge in [-0.25, -0.2) is 40.5 Å². The molecule has 3 unspecified atom stereocenters. The Labute approximate surface area is 206 Å². The van der Waals surface area contributed by atoms with E-state index in [1.54, 1.807) is 0 Å². The summed E-state index contributed by atoms with van der Waals surface area (Å²) >= 11 is 5.82. The molecule has 0 spiro atoms. The number of sulfonamides is 2. The Hall–Kier alpha value is -2.68. The highest BCUT2D eigenvalue weighted by molar-refractivity contribution is 7.90. The van der Waals surface area contributed by atoms with Crippen LogP contribution in [-0.4, -0.2) is 40.5 Å². The molecule has 2 aromatic carbocycles. The molecule has 35 heavy (non-hydrogen) atoms. The summed E-state index contributed by atoms with van der Waals surface area (Å²) in [5.74, 6) is -3.35. The van der Waals surface area contributed by atoms with Crippen molar-refractivity contribution in [1.82, 2.24) is 14.9 Å². The lowest BCUT2D eigenvalue weighted by Gasteiger charge is -2.22. The van der Waals surface area contributed by atoms with E-state index >= 15 is 0 Å². The third-order valence-corrected chi connectivity index (χ3v) is 8.47. The lowest BCUT2D eigenvalue weighted by atomic mass is 10.1. The Balaban J connectivity index is 2.29. The lowest BCUT2D eigenvalue weighted by molar-refractivity contribution is -0.130. The smallest absolute Gasteiger partial charge is 0.262 e. The Morgan fingerprint density at radius 3 is 2.11 bits per heavy atom. The van der Waals surface area contributed by atoms with Crippen molar-refractivity contribution >= 4 is 37.6 Å². The molecule has 9 nitrogen and oxygen atoms in total. The molecule has 0 aromatic heterocycles. The van der Waals surface area contributed by atoms with Gasteiger partial charge in [-0.2, -0.15) is 0 Å². The van der Waals surface area contributed by atoms with Crippen LogP contribution < -0.4 is 14.9 Å². The normalized spacial score (nSPS) is 14.5. The molecule has 0 saturated carbocycles. The monoisotopic (exact) mass is 549 g/mol. The molecule has 0 heterocycles. The fourth-order valence-corrected chi connectivity index (χ4v) is 6.06. The topological polar surface area (TPSA) is 142 Å². The Morgan fingerprint density at radius 2 is 1.60 bits per heavy atom. The van der Waals surface area contributed by atoms with Crippen molar-refractivity contribution in [2.75, 3.05) is 6.54 Å². The Kier molecular flexibility index (Phi) is 9.66. The van der Waals surface area contributed by atoms with Crippen LogP contribution in [0.15, 0.2) is 67.8 Å². The van der Waals surface area contributed by atoms with E-state index in [1.165, 1.54) is 29.7 Å². The van der Waals surface area contributed by atoms with E-state index in [-0.39, 0.29) is 5.56 Å². The van der Waals surface area contributed by atoms with E-state index in [9.17, 15) is 30.4 Å². The van der Waals surface area contributed by atoms with Gasteiger partial charge in [0.2, 0.25) is 20.0 Å². The average molecular weight is 550 g/mol. The van der Waals surface area contributed by atoms with Gasteiger partial charge in [0.15, 0.2) is 0 Å². The van der Waals surface area contributed by atoms with Crippen molar-refractivity contribution in [2.45, 2.75) is 16.5 Å². The first kappa shape index (κ1) is 28.6. The molecular weight excluding hydrogens is 528 g/mol. The van der Waals surface area contributed by atoms with Gasteiger partial charge >= 0.3 is 0 Å². The van der Waals surface area contributed by atoms with Gasteiger partial charge < -0.3 is 0 Å². The van der Waals surface area contributed by atoms with Gasteiger partial charge in [0.05, 0.1) is 0 Å². The first-order valence-corrected chi connectivity index (χ1v) is 13.2. The average Bonchev–Trinajstić information content (AvgIpc) is 2.79. The third-order valence-electron chi connectivity index (χ3n) is 4.79.